The number of thiocarbonyl (C=S) groups is 1. The normalized spacial score (nSPS) is 18.1. The third-order valence-corrected chi connectivity index (χ3v) is 10.1. The summed E-state index contributed by atoms with van der Waals surface area (Å²) in [4.78, 5) is 93.6. The van der Waals surface area contributed by atoms with Crippen LogP contribution in [0.3, 0.4) is 0 Å². The van der Waals surface area contributed by atoms with Crippen LogP contribution < -0.4 is 11.1 Å². The van der Waals surface area contributed by atoms with E-state index in [1.165, 1.54) is 12.1 Å². The maximum Gasteiger partial charge on any atom is 0.263 e. The number of carbonyl (C=O) groups excluding carboxylic acids is 7. The molecule has 5 aliphatic rings. The lowest BCUT2D eigenvalue weighted by Gasteiger charge is -2.27. The van der Waals surface area contributed by atoms with Crippen LogP contribution >= 0.6 is 23.8 Å². The number of hydrogen-bond donors (Lipinski definition) is 2. The van der Waals surface area contributed by atoms with Crippen LogP contribution in [0.4, 0.5) is 11.4 Å². The van der Waals surface area contributed by atoms with E-state index in [9.17, 15) is 33.6 Å². The Balaban J connectivity index is 0.000000197. The molecule has 0 aromatic heterocycles. The minimum absolute atomic E-state index is 0.0269. The molecule has 2 fully saturated rings. The van der Waals surface area contributed by atoms with Gasteiger partial charge in [-0.3, -0.25) is 43.4 Å². The van der Waals surface area contributed by atoms with Crippen LogP contribution in [0.5, 0.6) is 0 Å². The quantitative estimate of drug-likeness (QED) is 0.228. The smallest absolute Gasteiger partial charge is 0.263 e. The molecule has 0 atom stereocenters. The highest BCUT2D eigenvalue weighted by molar-refractivity contribution is 7.81. The van der Waals surface area contributed by atoms with Gasteiger partial charge in [0.25, 0.3) is 29.5 Å². The highest BCUT2D eigenvalue weighted by Gasteiger charge is 2.39. The Labute approximate surface area is 320 Å². The molecule has 2 aromatic carbocycles. The third kappa shape index (κ3) is 8.11. The lowest BCUT2D eigenvalue weighted by atomic mass is 10.0. The molecule has 282 valence electrons. The number of nitrogen functional groups attached to an aromatic ring is 1. The number of amides is 7. The number of nitrogens with one attached hydrogen (secondary N) is 1. The molecular weight excluding hydrogens is 740 g/mol. The van der Waals surface area contributed by atoms with Gasteiger partial charge in [0.05, 0.1) is 59.9 Å². The molecule has 2 saturated heterocycles. The van der Waals surface area contributed by atoms with E-state index in [1.807, 2.05) is 0 Å². The third-order valence-electron chi connectivity index (χ3n) is 9.41. The Hall–Kier alpha value is -5.29. The van der Waals surface area contributed by atoms with Gasteiger partial charge in [-0.2, -0.15) is 0 Å². The van der Waals surface area contributed by atoms with Crippen LogP contribution in [0.1, 0.15) is 60.7 Å². The van der Waals surface area contributed by atoms with Crippen LogP contribution in [-0.2, 0) is 23.9 Å². The van der Waals surface area contributed by atoms with Crippen molar-refractivity contribution in [2.24, 2.45) is 0 Å². The highest BCUT2D eigenvalue weighted by Crippen LogP contribution is 2.31. The first-order chi connectivity index (χ1) is 26.0. The van der Waals surface area contributed by atoms with Gasteiger partial charge in [0, 0.05) is 74.1 Å². The molecule has 7 amide bonds. The van der Waals surface area contributed by atoms with Gasteiger partial charge in [-0.05, 0) is 30.3 Å². The summed E-state index contributed by atoms with van der Waals surface area (Å²) in [5, 5.41) is 3.09. The first-order valence-electron chi connectivity index (χ1n) is 17.3. The molecule has 4 aliphatic heterocycles. The van der Waals surface area contributed by atoms with E-state index >= 15 is 0 Å². The zero-order chi connectivity index (χ0) is 38.5. The van der Waals surface area contributed by atoms with Crippen molar-refractivity contribution in [3.8, 4) is 0 Å². The molecule has 0 radical (unpaired) electrons. The van der Waals surface area contributed by atoms with Crippen LogP contribution in [0.15, 0.2) is 59.2 Å². The topological polar surface area (TPSA) is 189 Å². The molecule has 15 nitrogen and oxygen atoms in total. The number of ether oxygens (including phenoxy) is 2. The minimum atomic E-state index is -0.547. The molecule has 7 rings (SSSR count). The molecule has 4 heterocycles. The van der Waals surface area contributed by atoms with E-state index in [4.69, 9.17) is 39.0 Å². The summed E-state index contributed by atoms with van der Waals surface area (Å²) in [5.41, 5.74) is 7.36. The van der Waals surface area contributed by atoms with Gasteiger partial charge in [-0.15, -0.1) is 0 Å². The number of nitrogens with two attached hydrogens (primary N) is 1. The lowest BCUT2D eigenvalue weighted by molar-refractivity contribution is -0.136. The maximum atomic E-state index is 13.0. The number of benzene rings is 2. The Morgan fingerprint density at radius 1 is 0.741 bits per heavy atom. The average molecular weight is 777 g/mol. The number of nitrogens with zero attached hydrogens (tertiary/aromatic N) is 4. The van der Waals surface area contributed by atoms with Gasteiger partial charge in [0.2, 0.25) is 11.8 Å². The van der Waals surface area contributed by atoms with Crippen molar-refractivity contribution in [2.45, 2.75) is 19.3 Å². The van der Waals surface area contributed by atoms with E-state index in [0.29, 0.717) is 74.5 Å². The van der Waals surface area contributed by atoms with Crippen LogP contribution in [0.25, 0.3) is 0 Å². The maximum absolute atomic E-state index is 13.0. The summed E-state index contributed by atoms with van der Waals surface area (Å²) in [5.74, 6) is -2.57. The van der Waals surface area contributed by atoms with Gasteiger partial charge in [0.15, 0.2) is 0 Å². The predicted octanol–water partition coefficient (Wildman–Crippen LogP) is 2.41. The molecule has 2 aromatic rings. The number of hydrogen-bond acceptors (Lipinski definition) is 11. The number of halogens is 1. The molecule has 1 aliphatic carbocycles. The summed E-state index contributed by atoms with van der Waals surface area (Å²) in [6.45, 7) is 4.12. The molecule has 3 N–H and O–H groups in total. The molecule has 0 unspecified atom stereocenters. The van der Waals surface area contributed by atoms with Crippen LogP contribution in [-0.4, -0.2) is 132 Å². The molecule has 54 heavy (non-hydrogen) atoms. The predicted molar refractivity (Wildman–Crippen MR) is 200 cm³/mol. The zero-order valence-electron chi connectivity index (χ0n) is 29.1. The summed E-state index contributed by atoms with van der Waals surface area (Å²) in [6, 6.07) is 9.47. The Kier molecular flexibility index (Phi) is 12.0. The molecule has 0 spiro atoms. The van der Waals surface area contributed by atoms with Gasteiger partial charge >= 0.3 is 0 Å². The van der Waals surface area contributed by atoms with E-state index in [1.54, 1.807) is 46.2 Å². The fourth-order valence-corrected chi connectivity index (χ4v) is 6.94. The van der Waals surface area contributed by atoms with Crippen molar-refractivity contribution in [3.63, 3.8) is 0 Å². The van der Waals surface area contributed by atoms with Gasteiger partial charge < -0.3 is 30.3 Å². The number of carbonyl (C=O) groups is 7. The van der Waals surface area contributed by atoms with Crippen molar-refractivity contribution in [3.05, 3.63) is 81.4 Å². The van der Waals surface area contributed by atoms with E-state index in [2.05, 4.69) is 5.32 Å². The second kappa shape index (κ2) is 16.8. The molecular formula is C37H37ClN6O9S. The van der Waals surface area contributed by atoms with Crippen molar-refractivity contribution in [1.82, 2.24) is 19.6 Å². The number of imide groups is 2. The molecule has 17 heteroatoms. The average Bonchev–Trinajstić information content (AvgIpc) is 3.58. The Morgan fingerprint density at radius 3 is 1.78 bits per heavy atom. The van der Waals surface area contributed by atoms with Crippen molar-refractivity contribution in [1.29, 1.82) is 0 Å². The van der Waals surface area contributed by atoms with Crippen molar-refractivity contribution >= 4 is 81.4 Å². The summed E-state index contributed by atoms with van der Waals surface area (Å²) >= 11 is 11.2. The summed E-state index contributed by atoms with van der Waals surface area (Å²) in [6.07, 6.45) is 3.70. The monoisotopic (exact) mass is 776 g/mol. The first kappa shape index (κ1) is 38.4. The highest BCUT2D eigenvalue weighted by atomic mass is 35.5. The van der Waals surface area contributed by atoms with E-state index in [-0.39, 0.29) is 77.3 Å². The summed E-state index contributed by atoms with van der Waals surface area (Å²) in [7, 11) is 0. The van der Waals surface area contributed by atoms with E-state index in [0.717, 1.165) is 9.80 Å². The van der Waals surface area contributed by atoms with Gasteiger partial charge in [-0.25, -0.2) is 0 Å². The second-order valence-corrected chi connectivity index (χ2v) is 13.7. The van der Waals surface area contributed by atoms with Crippen molar-refractivity contribution in [2.75, 3.05) is 76.7 Å². The van der Waals surface area contributed by atoms with Gasteiger partial charge in [-0.1, -0.05) is 42.0 Å². The largest absolute Gasteiger partial charge is 0.398 e. The number of allylic oxidation sites excluding steroid dienone is 3. The van der Waals surface area contributed by atoms with Crippen LogP contribution in [0.2, 0.25) is 0 Å². The van der Waals surface area contributed by atoms with Crippen molar-refractivity contribution < 1.29 is 43.0 Å². The lowest BCUT2D eigenvalue weighted by Crippen LogP contribution is -2.42. The SMILES string of the molecule is Nc1cccc2c1C(=O)N(CCC(=O)N1CCOCC1)C2=O.O=C(Nc1cccc2c1C(=O)N(CCC(=O)N1CCOCC1)C2=O)C1=CC(Cl)=CCC1=S. The number of anilines is 2. The fraction of sp³-hybridized carbons (Fsp3) is 0.351. The summed E-state index contributed by atoms with van der Waals surface area (Å²) < 4.78 is 10.4. The van der Waals surface area contributed by atoms with Gasteiger partial charge in [0.1, 0.15) is 0 Å². The minimum Gasteiger partial charge on any atom is -0.398 e. The number of fused-ring (bicyclic) bond motifs is 2. The number of morpholine rings is 2. The molecule has 0 bridgehead atoms. The first-order valence-corrected chi connectivity index (χ1v) is 18.1. The van der Waals surface area contributed by atoms with Crippen LogP contribution in [0, 0.1) is 0 Å². The number of rotatable bonds is 8. The Bertz CT molecular complexity index is 2000. The Morgan fingerprint density at radius 2 is 1.24 bits per heavy atom. The molecule has 0 saturated carbocycles. The van der Waals surface area contributed by atoms with E-state index < -0.39 is 23.6 Å². The fourth-order valence-electron chi connectivity index (χ4n) is 6.52. The standard InChI is InChI=1S/C22H20ClN3O5S.C15H17N3O4/c23-13-4-5-17(32)15(12-13)20(28)24-16-3-1-2-14-19(16)22(30)26(21(14)29)7-6-18(27)25-8-10-31-11-9-25;16-11-3-1-2-10-13(11)15(21)18(14(10)20)5-4-12(19)17-6-8-22-9-7-17/h1-4,12H,5-11H2,(H,24,28);1-3H,4-9,16H2. The second-order valence-electron chi connectivity index (χ2n) is 12.7. The zero-order valence-corrected chi connectivity index (χ0v) is 30.7.